The molecule has 0 saturated carbocycles. The molecule has 1 aliphatic rings. The van der Waals surface area contributed by atoms with Crippen molar-refractivity contribution in [2.75, 3.05) is 31.7 Å². The number of nitro benzene ring substituents is 2. The van der Waals surface area contributed by atoms with Crippen LogP contribution in [0.2, 0.25) is 0 Å². The first-order chi connectivity index (χ1) is 15.1. The van der Waals surface area contributed by atoms with Crippen molar-refractivity contribution in [2.45, 2.75) is 18.7 Å². The van der Waals surface area contributed by atoms with E-state index in [1.165, 1.54) is 22.5 Å². The second kappa shape index (κ2) is 9.38. The van der Waals surface area contributed by atoms with Crippen LogP contribution >= 0.6 is 0 Å². The predicted octanol–water partition coefficient (Wildman–Crippen LogP) is 2.67. The number of anilines is 1. The standard InChI is InChI=1S/C19H21N5O7S/c1-13-3-4-15(11-18(13)24(27)28)14(2)20-21-17-6-5-16(23(25)26)12-19(17)32(29,30)22-7-9-31-10-8-22/h3-6,11-12,21H,7-10H2,1-2H3/b20-14-. The molecule has 32 heavy (non-hydrogen) atoms. The Morgan fingerprint density at radius 1 is 1.09 bits per heavy atom. The quantitative estimate of drug-likeness (QED) is 0.373. The van der Waals surface area contributed by atoms with Crippen molar-refractivity contribution in [1.82, 2.24) is 4.31 Å². The summed E-state index contributed by atoms with van der Waals surface area (Å²) in [5.74, 6) is 0. The molecule has 0 bridgehead atoms. The lowest BCUT2D eigenvalue weighted by atomic mass is 10.1. The molecule has 3 rings (SSSR count). The van der Waals surface area contributed by atoms with Crippen LogP contribution in [0.5, 0.6) is 0 Å². The molecule has 170 valence electrons. The number of nitrogens with zero attached hydrogens (tertiary/aromatic N) is 4. The molecule has 1 heterocycles. The largest absolute Gasteiger partial charge is 0.379 e. The normalized spacial score (nSPS) is 15.4. The van der Waals surface area contributed by atoms with Crippen LogP contribution in [-0.2, 0) is 14.8 Å². The molecule has 0 radical (unpaired) electrons. The molecule has 1 aliphatic heterocycles. The average molecular weight is 463 g/mol. The van der Waals surface area contributed by atoms with Gasteiger partial charge in [-0.25, -0.2) is 8.42 Å². The zero-order valence-electron chi connectivity index (χ0n) is 17.3. The minimum absolute atomic E-state index is 0.0445. The van der Waals surface area contributed by atoms with Gasteiger partial charge in [0.25, 0.3) is 11.4 Å². The van der Waals surface area contributed by atoms with E-state index in [0.29, 0.717) is 16.8 Å². The summed E-state index contributed by atoms with van der Waals surface area (Å²) in [7, 11) is -4.06. The minimum Gasteiger partial charge on any atom is -0.379 e. The Morgan fingerprint density at radius 2 is 1.78 bits per heavy atom. The van der Waals surface area contributed by atoms with Gasteiger partial charge in [-0.15, -0.1) is 0 Å². The van der Waals surface area contributed by atoms with Crippen molar-refractivity contribution in [3.05, 3.63) is 67.8 Å². The SMILES string of the molecule is C/C(=N/Nc1ccc([N+](=O)[O-])cc1S(=O)(=O)N1CCOCC1)c1ccc(C)c([N+](=O)[O-])c1. The van der Waals surface area contributed by atoms with E-state index in [0.717, 1.165) is 6.07 Å². The van der Waals surface area contributed by atoms with Gasteiger partial charge in [-0.1, -0.05) is 12.1 Å². The van der Waals surface area contributed by atoms with Crippen molar-refractivity contribution in [3.63, 3.8) is 0 Å². The lowest BCUT2D eigenvalue weighted by Crippen LogP contribution is -2.40. The summed E-state index contributed by atoms with van der Waals surface area (Å²) in [6.45, 7) is 3.91. The molecule has 2 aromatic rings. The fourth-order valence-corrected chi connectivity index (χ4v) is 4.67. The number of ether oxygens (including phenoxy) is 1. The Bertz CT molecular complexity index is 1190. The van der Waals surface area contributed by atoms with Gasteiger partial charge in [-0.3, -0.25) is 25.7 Å². The zero-order chi connectivity index (χ0) is 23.5. The highest BCUT2D eigenvalue weighted by atomic mass is 32.2. The van der Waals surface area contributed by atoms with Crippen LogP contribution in [0, 0.1) is 27.2 Å². The Kier molecular flexibility index (Phi) is 6.81. The van der Waals surface area contributed by atoms with Crippen LogP contribution in [0.1, 0.15) is 18.1 Å². The van der Waals surface area contributed by atoms with Crippen LogP contribution in [0.3, 0.4) is 0 Å². The maximum absolute atomic E-state index is 13.1. The van der Waals surface area contributed by atoms with E-state index in [9.17, 15) is 28.6 Å². The van der Waals surface area contributed by atoms with Crippen LogP contribution in [-0.4, -0.2) is 54.6 Å². The van der Waals surface area contributed by atoms with E-state index in [2.05, 4.69) is 10.5 Å². The van der Waals surface area contributed by atoms with Gasteiger partial charge < -0.3 is 4.74 Å². The molecule has 0 unspecified atom stereocenters. The van der Waals surface area contributed by atoms with Crippen LogP contribution in [0.4, 0.5) is 17.1 Å². The van der Waals surface area contributed by atoms with Gasteiger partial charge >= 0.3 is 0 Å². The first-order valence-corrected chi connectivity index (χ1v) is 11.0. The Labute approximate surface area is 183 Å². The molecule has 0 amide bonds. The van der Waals surface area contributed by atoms with Gasteiger partial charge in [-0.05, 0) is 19.9 Å². The van der Waals surface area contributed by atoms with Crippen LogP contribution < -0.4 is 5.43 Å². The molecule has 0 aliphatic carbocycles. The van der Waals surface area contributed by atoms with Gasteiger partial charge in [0.2, 0.25) is 10.0 Å². The highest BCUT2D eigenvalue weighted by Crippen LogP contribution is 2.30. The third-order valence-corrected chi connectivity index (χ3v) is 6.87. The molecule has 12 nitrogen and oxygen atoms in total. The molecule has 0 atom stereocenters. The monoisotopic (exact) mass is 463 g/mol. The minimum atomic E-state index is -4.06. The number of aryl methyl sites for hydroxylation is 1. The number of nitro groups is 2. The molecule has 13 heteroatoms. The van der Waals surface area contributed by atoms with Gasteiger partial charge in [0.15, 0.2) is 0 Å². The van der Waals surface area contributed by atoms with E-state index < -0.39 is 19.9 Å². The van der Waals surface area contributed by atoms with Crippen molar-refractivity contribution in [3.8, 4) is 0 Å². The third-order valence-electron chi connectivity index (χ3n) is 4.93. The van der Waals surface area contributed by atoms with E-state index in [-0.39, 0.29) is 48.3 Å². The number of non-ortho nitro benzene ring substituents is 1. The highest BCUT2D eigenvalue weighted by Gasteiger charge is 2.30. The second-order valence-electron chi connectivity index (χ2n) is 7.02. The smallest absolute Gasteiger partial charge is 0.272 e. The van der Waals surface area contributed by atoms with Crippen molar-refractivity contribution >= 4 is 32.8 Å². The first-order valence-electron chi connectivity index (χ1n) is 9.53. The average Bonchev–Trinajstić information content (AvgIpc) is 2.78. The summed E-state index contributed by atoms with van der Waals surface area (Å²) in [5, 5.41) is 26.5. The number of sulfonamides is 1. The Hall–Kier alpha value is -3.42. The molecule has 1 N–H and O–H groups in total. The van der Waals surface area contributed by atoms with E-state index in [4.69, 9.17) is 4.74 Å². The number of hydrogen-bond donors (Lipinski definition) is 1. The molecule has 1 fully saturated rings. The van der Waals surface area contributed by atoms with E-state index >= 15 is 0 Å². The maximum atomic E-state index is 13.1. The number of nitrogens with one attached hydrogen (secondary N) is 1. The number of morpholine rings is 1. The van der Waals surface area contributed by atoms with Gasteiger partial charge in [0.05, 0.1) is 34.5 Å². The second-order valence-corrected chi connectivity index (χ2v) is 8.93. The molecule has 1 saturated heterocycles. The summed E-state index contributed by atoms with van der Waals surface area (Å²) < 4.78 is 32.7. The van der Waals surface area contributed by atoms with Gasteiger partial charge in [-0.2, -0.15) is 9.41 Å². The molecular weight excluding hydrogens is 442 g/mol. The molecule has 0 spiro atoms. The lowest BCUT2D eigenvalue weighted by Gasteiger charge is -2.26. The predicted molar refractivity (Wildman–Crippen MR) is 116 cm³/mol. The topological polar surface area (TPSA) is 157 Å². The first kappa shape index (κ1) is 23.2. The van der Waals surface area contributed by atoms with Crippen molar-refractivity contribution in [1.29, 1.82) is 0 Å². The van der Waals surface area contributed by atoms with Gasteiger partial charge in [0, 0.05) is 42.4 Å². The van der Waals surface area contributed by atoms with Crippen LogP contribution in [0.25, 0.3) is 0 Å². The number of hydrogen-bond acceptors (Lipinski definition) is 9. The maximum Gasteiger partial charge on any atom is 0.272 e. The Morgan fingerprint density at radius 3 is 2.41 bits per heavy atom. The van der Waals surface area contributed by atoms with Gasteiger partial charge in [0.1, 0.15) is 4.90 Å². The molecule has 2 aromatic carbocycles. The fraction of sp³-hybridized carbons (Fsp3) is 0.316. The summed E-state index contributed by atoms with van der Waals surface area (Å²) in [6, 6.07) is 8.03. The summed E-state index contributed by atoms with van der Waals surface area (Å²) in [5.41, 5.74) is 3.57. The van der Waals surface area contributed by atoms with Crippen LogP contribution in [0.15, 0.2) is 46.4 Å². The number of benzene rings is 2. The molecular formula is C19H21N5O7S. The number of hydrazone groups is 1. The van der Waals surface area contributed by atoms with Crippen molar-refractivity contribution < 1.29 is 23.0 Å². The Balaban J connectivity index is 1.98. The number of rotatable bonds is 7. The highest BCUT2D eigenvalue weighted by molar-refractivity contribution is 7.89. The summed E-state index contributed by atoms with van der Waals surface area (Å²) >= 11 is 0. The third kappa shape index (κ3) is 4.90. The lowest BCUT2D eigenvalue weighted by molar-refractivity contribution is -0.385. The summed E-state index contributed by atoms with van der Waals surface area (Å²) in [6.07, 6.45) is 0. The fourth-order valence-electron chi connectivity index (χ4n) is 3.10. The van der Waals surface area contributed by atoms with E-state index in [1.807, 2.05) is 0 Å². The zero-order valence-corrected chi connectivity index (χ0v) is 18.2. The summed E-state index contributed by atoms with van der Waals surface area (Å²) in [4.78, 5) is 20.9. The molecule has 0 aromatic heterocycles. The van der Waals surface area contributed by atoms with E-state index in [1.54, 1.807) is 26.0 Å². The van der Waals surface area contributed by atoms with Crippen molar-refractivity contribution in [2.24, 2.45) is 5.10 Å².